The molecule has 1 aliphatic carbocycles. The van der Waals surface area contributed by atoms with Crippen LogP contribution >= 0.6 is 0 Å². The fourth-order valence-electron chi connectivity index (χ4n) is 3.76. The largest absolute Gasteiger partial charge is 0.465 e. The summed E-state index contributed by atoms with van der Waals surface area (Å²) in [5, 5.41) is 0. The molecule has 1 rings (SSSR count). The molecule has 0 radical (unpaired) electrons. The molecule has 0 spiro atoms. The smallest absolute Gasteiger partial charge is 0.327 e. The van der Waals surface area contributed by atoms with Gasteiger partial charge in [-0.05, 0) is 66.2 Å². The van der Waals surface area contributed by atoms with Crippen LogP contribution in [-0.2, 0) is 19.1 Å². The van der Waals surface area contributed by atoms with Crippen LogP contribution in [0.4, 0.5) is 0 Å². The van der Waals surface area contributed by atoms with Crippen molar-refractivity contribution in [2.75, 3.05) is 13.2 Å². The third kappa shape index (κ3) is 6.00. The Morgan fingerprint density at radius 2 is 1.50 bits per heavy atom. The molecule has 0 heterocycles. The zero-order valence-corrected chi connectivity index (χ0v) is 17.2. The SMILES string of the molecule is CCOC(=O)C(/C=C(\C)CCC=C(C)C)(C(=O)OCC)C1CCCCC1. The van der Waals surface area contributed by atoms with E-state index in [-0.39, 0.29) is 19.1 Å². The number of allylic oxidation sites excluding steroid dienone is 3. The lowest BCUT2D eigenvalue weighted by Crippen LogP contribution is -2.47. The maximum Gasteiger partial charge on any atom is 0.327 e. The first kappa shape index (κ1) is 22.5. The molecule has 0 unspecified atom stereocenters. The van der Waals surface area contributed by atoms with Gasteiger partial charge in [-0.15, -0.1) is 0 Å². The maximum absolute atomic E-state index is 13.0. The number of ether oxygens (including phenoxy) is 2. The molecule has 1 fully saturated rings. The molecule has 0 saturated heterocycles. The van der Waals surface area contributed by atoms with Crippen LogP contribution < -0.4 is 0 Å². The van der Waals surface area contributed by atoms with Gasteiger partial charge >= 0.3 is 11.9 Å². The number of carbonyl (C=O) groups excluding carboxylic acids is 2. The van der Waals surface area contributed by atoms with E-state index >= 15 is 0 Å². The van der Waals surface area contributed by atoms with Gasteiger partial charge in [-0.1, -0.05) is 42.6 Å². The second-order valence-electron chi connectivity index (χ2n) is 7.46. The monoisotopic (exact) mass is 364 g/mol. The van der Waals surface area contributed by atoms with Gasteiger partial charge in [0.2, 0.25) is 0 Å². The van der Waals surface area contributed by atoms with E-state index in [4.69, 9.17) is 9.47 Å². The first-order valence-electron chi connectivity index (χ1n) is 10.0. The fraction of sp³-hybridized carbons (Fsp3) is 0.727. The summed E-state index contributed by atoms with van der Waals surface area (Å²) in [5.74, 6) is -0.952. The Morgan fingerprint density at radius 1 is 0.962 bits per heavy atom. The maximum atomic E-state index is 13.0. The molecule has 0 aromatic rings. The van der Waals surface area contributed by atoms with Crippen molar-refractivity contribution in [3.63, 3.8) is 0 Å². The van der Waals surface area contributed by atoms with E-state index in [1.807, 2.05) is 13.0 Å². The van der Waals surface area contributed by atoms with Gasteiger partial charge in [-0.25, -0.2) is 0 Å². The topological polar surface area (TPSA) is 52.6 Å². The molecule has 0 bridgehead atoms. The normalized spacial score (nSPS) is 16.1. The van der Waals surface area contributed by atoms with E-state index < -0.39 is 17.4 Å². The van der Waals surface area contributed by atoms with Crippen LogP contribution in [0.3, 0.4) is 0 Å². The molecule has 1 saturated carbocycles. The van der Waals surface area contributed by atoms with Crippen molar-refractivity contribution < 1.29 is 19.1 Å². The summed E-state index contributed by atoms with van der Waals surface area (Å²) in [6, 6.07) is 0. The summed E-state index contributed by atoms with van der Waals surface area (Å²) < 4.78 is 10.8. The minimum atomic E-state index is -1.30. The van der Waals surface area contributed by atoms with Crippen LogP contribution in [0.15, 0.2) is 23.3 Å². The molecule has 148 valence electrons. The second-order valence-corrected chi connectivity index (χ2v) is 7.46. The molecule has 0 amide bonds. The molecule has 0 N–H and O–H groups in total. The predicted octanol–water partition coefficient (Wildman–Crippen LogP) is 5.37. The highest BCUT2D eigenvalue weighted by molar-refractivity contribution is 6.03. The first-order valence-corrected chi connectivity index (χ1v) is 10.0. The lowest BCUT2D eigenvalue weighted by molar-refractivity contribution is -0.173. The van der Waals surface area contributed by atoms with Crippen molar-refractivity contribution in [2.24, 2.45) is 11.3 Å². The van der Waals surface area contributed by atoms with Crippen LogP contribution in [0.25, 0.3) is 0 Å². The molecule has 0 aromatic heterocycles. The lowest BCUT2D eigenvalue weighted by atomic mass is 9.67. The van der Waals surface area contributed by atoms with E-state index in [1.165, 1.54) is 5.57 Å². The zero-order chi connectivity index (χ0) is 19.6. The van der Waals surface area contributed by atoms with E-state index in [2.05, 4.69) is 19.9 Å². The predicted molar refractivity (Wildman–Crippen MR) is 105 cm³/mol. The molecular formula is C22H36O4. The van der Waals surface area contributed by atoms with Crippen LogP contribution in [0.5, 0.6) is 0 Å². The van der Waals surface area contributed by atoms with Gasteiger partial charge in [0.1, 0.15) is 0 Å². The minimum absolute atomic E-state index is 0.0484. The number of rotatable bonds is 9. The number of carbonyl (C=O) groups is 2. The second kappa shape index (κ2) is 11.2. The summed E-state index contributed by atoms with van der Waals surface area (Å²) in [7, 11) is 0. The van der Waals surface area contributed by atoms with Crippen molar-refractivity contribution in [3.8, 4) is 0 Å². The van der Waals surface area contributed by atoms with E-state index in [1.54, 1.807) is 13.8 Å². The average Bonchev–Trinajstić information content (AvgIpc) is 2.60. The Balaban J connectivity index is 3.27. The van der Waals surface area contributed by atoms with Gasteiger partial charge in [0.05, 0.1) is 13.2 Å². The third-order valence-corrected chi connectivity index (χ3v) is 5.04. The first-order chi connectivity index (χ1) is 12.4. The molecule has 0 aromatic carbocycles. The van der Waals surface area contributed by atoms with Crippen molar-refractivity contribution >= 4 is 11.9 Å². The summed E-state index contributed by atoms with van der Waals surface area (Å²) in [6.07, 6.45) is 10.7. The Hall–Kier alpha value is -1.58. The zero-order valence-electron chi connectivity index (χ0n) is 17.2. The van der Waals surface area contributed by atoms with Crippen molar-refractivity contribution in [3.05, 3.63) is 23.3 Å². The van der Waals surface area contributed by atoms with Crippen molar-refractivity contribution in [1.29, 1.82) is 0 Å². The van der Waals surface area contributed by atoms with Crippen molar-refractivity contribution in [1.82, 2.24) is 0 Å². The van der Waals surface area contributed by atoms with Gasteiger partial charge in [0, 0.05) is 0 Å². The van der Waals surface area contributed by atoms with Crippen LogP contribution in [-0.4, -0.2) is 25.2 Å². The van der Waals surface area contributed by atoms with Gasteiger partial charge in [0.15, 0.2) is 5.41 Å². The summed E-state index contributed by atoms with van der Waals surface area (Å²) in [6.45, 7) is 10.2. The van der Waals surface area contributed by atoms with E-state index in [0.717, 1.165) is 50.5 Å². The number of hydrogen-bond acceptors (Lipinski definition) is 4. The Kier molecular flexibility index (Phi) is 9.68. The average molecular weight is 365 g/mol. The van der Waals surface area contributed by atoms with E-state index in [9.17, 15) is 9.59 Å². The molecule has 1 aliphatic rings. The minimum Gasteiger partial charge on any atom is -0.465 e. The van der Waals surface area contributed by atoms with Crippen LogP contribution in [0.1, 0.15) is 79.6 Å². The molecule has 0 aliphatic heterocycles. The number of hydrogen-bond donors (Lipinski definition) is 0. The lowest BCUT2D eigenvalue weighted by Gasteiger charge is -2.36. The highest BCUT2D eigenvalue weighted by Gasteiger charge is 2.53. The highest BCUT2D eigenvalue weighted by Crippen LogP contribution is 2.43. The molecule has 4 heteroatoms. The van der Waals surface area contributed by atoms with Gasteiger partial charge in [-0.3, -0.25) is 9.59 Å². The number of esters is 2. The highest BCUT2D eigenvalue weighted by atomic mass is 16.6. The van der Waals surface area contributed by atoms with E-state index in [0.29, 0.717) is 0 Å². The third-order valence-electron chi connectivity index (χ3n) is 5.04. The molecule has 26 heavy (non-hydrogen) atoms. The quantitative estimate of drug-likeness (QED) is 0.313. The summed E-state index contributed by atoms with van der Waals surface area (Å²) in [5.41, 5.74) is 1.00. The van der Waals surface area contributed by atoms with Crippen LogP contribution in [0.2, 0.25) is 0 Å². The summed E-state index contributed by atoms with van der Waals surface area (Å²) >= 11 is 0. The van der Waals surface area contributed by atoms with Gasteiger partial charge < -0.3 is 9.47 Å². The molecule has 0 atom stereocenters. The molecular weight excluding hydrogens is 328 g/mol. The Labute approximate surface area is 159 Å². The summed E-state index contributed by atoms with van der Waals surface area (Å²) in [4.78, 5) is 26.0. The van der Waals surface area contributed by atoms with Gasteiger partial charge in [-0.2, -0.15) is 0 Å². The fourth-order valence-corrected chi connectivity index (χ4v) is 3.76. The van der Waals surface area contributed by atoms with Crippen LogP contribution in [0, 0.1) is 11.3 Å². The molecule has 4 nitrogen and oxygen atoms in total. The Bertz CT molecular complexity index is 502. The van der Waals surface area contributed by atoms with Gasteiger partial charge in [0.25, 0.3) is 0 Å². The van der Waals surface area contributed by atoms with Crippen molar-refractivity contribution in [2.45, 2.75) is 79.6 Å². The Morgan fingerprint density at radius 3 is 1.96 bits per heavy atom. The standard InChI is InChI=1S/C22H36O4/c1-6-25-20(23)22(21(24)26-7-2,19-14-9-8-10-15-19)16-18(5)13-11-12-17(3)4/h12,16,19H,6-11,13-15H2,1-5H3/b18-16+.